The van der Waals surface area contributed by atoms with Crippen LogP contribution in [0.25, 0.3) is 0 Å². The molecule has 0 N–H and O–H groups in total. The van der Waals surface area contributed by atoms with E-state index in [0.29, 0.717) is 31.9 Å². The van der Waals surface area contributed by atoms with Gasteiger partial charge in [-0.25, -0.2) is 0 Å². The summed E-state index contributed by atoms with van der Waals surface area (Å²) in [7, 11) is 1.61. The minimum atomic E-state index is 0.110. The second kappa shape index (κ2) is 7.13. The number of benzene rings is 1. The van der Waals surface area contributed by atoms with Gasteiger partial charge in [0.15, 0.2) is 0 Å². The maximum Gasteiger partial charge on any atom is 0.229 e. The highest BCUT2D eigenvalue weighted by Crippen LogP contribution is 2.38. The van der Waals surface area contributed by atoms with E-state index >= 15 is 0 Å². The minimum Gasteiger partial charge on any atom is -0.384 e. The molecule has 2 heterocycles. The minimum absolute atomic E-state index is 0.110. The van der Waals surface area contributed by atoms with Gasteiger partial charge in [0, 0.05) is 44.8 Å². The van der Waals surface area contributed by atoms with Gasteiger partial charge in [-0.1, -0.05) is 18.2 Å². The molecule has 23 heavy (non-hydrogen) atoms. The first kappa shape index (κ1) is 16.0. The fourth-order valence-electron chi connectivity index (χ4n) is 3.56. The number of fused-ring (bicyclic) bond motifs is 1. The molecule has 1 atom stereocenters. The Morgan fingerprint density at radius 2 is 2.17 bits per heavy atom. The average molecular weight is 316 g/mol. The van der Waals surface area contributed by atoms with Gasteiger partial charge >= 0.3 is 0 Å². The SMILES string of the molecule is COCCC(=O)N1C[C@@H](CCN2CCCC2=O)c2ccccc21. The van der Waals surface area contributed by atoms with E-state index in [9.17, 15) is 9.59 Å². The molecule has 1 saturated heterocycles. The zero-order valence-electron chi connectivity index (χ0n) is 13.7. The Balaban J connectivity index is 1.68. The van der Waals surface area contributed by atoms with Crippen LogP contribution in [-0.4, -0.2) is 50.1 Å². The normalized spacial score (nSPS) is 20.2. The van der Waals surface area contributed by atoms with Crippen molar-refractivity contribution in [2.45, 2.75) is 31.6 Å². The number of nitrogens with zero attached hydrogens (tertiary/aromatic N) is 2. The monoisotopic (exact) mass is 316 g/mol. The van der Waals surface area contributed by atoms with Crippen LogP contribution in [0.3, 0.4) is 0 Å². The van der Waals surface area contributed by atoms with Gasteiger partial charge in [-0.15, -0.1) is 0 Å². The fourth-order valence-corrected chi connectivity index (χ4v) is 3.56. The van der Waals surface area contributed by atoms with Crippen LogP contribution in [0.5, 0.6) is 0 Å². The molecule has 0 bridgehead atoms. The number of carbonyl (C=O) groups excluding carboxylic acids is 2. The Morgan fingerprint density at radius 1 is 1.35 bits per heavy atom. The van der Waals surface area contributed by atoms with Crippen molar-refractivity contribution in [1.82, 2.24) is 4.90 Å². The summed E-state index contributed by atoms with van der Waals surface area (Å²) in [6.07, 6.45) is 2.98. The Kier molecular flexibility index (Phi) is 4.96. The maximum atomic E-state index is 12.4. The lowest BCUT2D eigenvalue weighted by molar-refractivity contribution is -0.127. The molecule has 0 unspecified atom stereocenters. The summed E-state index contributed by atoms with van der Waals surface area (Å²) in [4.78, 5) is 28.0. The predicted octanol–water partition coefficient (Wildman–Crippen LogP) is 2.17. The second-order valence-electron chi connectivity index (χ2n) is 6.28. The van der Waals surface area contributed by atoms with Gasteiger partial charge in [0.2, 0.25) is 11.8 Å². The molecule has 1 fully saturated rings. The van der Waals surface area contributed by atoms with E-state index in [1.165, 1.54) is 5.56 Å². The lowest BCUT2D eigenvalue weighted by atomic mass is 9.98. The predicted molar refractivity (Wildman–Crippen MR) is 88.5 cm³/mol. The summed E-state index contributed by atoms with van der Waals surface area (Å²) >= 11 is 0. The molecule has 124 valence electrons. The molecule has 0 spiro atoms. The van der Waals surface area contributed by atoms with Gasteiger partial charge in [-0.3, -0.25) is 9.59 Å². The van der Waals surface area contributed by atoms with Crippen molar-refractivity contribution < 1.29 is 14.3 Å². The van der Waals surface area contributed by atoms with Gasteiger partial charge < -0.3 is 14.5 Å². The Bertz CT molecular complexity index is 587. The number of hydrogen-bond donors (Lipinski definition) is 0. The van der Waals surface area contributed by atoms with Gasteiger partial charge in [-0.2, -0.15) is 0 Å². The van der Waals surface area contributed by atoms with Crippen LogP contribution in [0.15, 0.2) is 24.3 Å². The van der Waals surface area contributed by atoms with Gasteiger partial charge in [0.05, 0.1) is 13.0 Å². The summed E-state index contributed by atoms with van der Waals surface area (Å²) in [6.45, 7) is 2.83. The third-order valence-electron chi connectivity index (χ3n) is 4.81. The van der Waals surface area contributed by atoms with Crippen LogP contribution in [0.4, 0.5) is 5.69 Å². The number of para-hydroxylation sites is 1. The van der Waals surface area contributed by atoms with Crippen LogP contribution >= 0.6 is 0 Å². The van der Waals surface area contributed by atoms with Crippen molar-refractivity contribution in [3.8, 4) is 0 Å². The molecule has 0 radical (unpaired) electrons. The van der Waals surface area contributed by atoms with E-state index in [1.807, 2.05) is 28.0 Å². The lowest BCUT2D eigenvalue weighted by Gasteiger charge is -2.20. The van der Waals surface area contributed by atoms with E-state index in [2.05, 4.69) is 6.07 Å². The molecule has 2 aliphatic rings. The molecule has 5 heteroatoms. The molecular weight excluding hydrogens is 292 g/mol. The highest BCUT2D eigenvalue weighted by atomic mass is 16.5. The van der Waals surface area contributed by atoms with Crippen LogP contribution < -0.4 is 4.90 Å². The van der Waals surface area contributed by atoms with Gasteiger partial charge in [-0.05, 0) is 24.5 Å². The molecule has 5 nitrogen and oxygen atoms in total. The Morgan fingerprint density at radius 3 is 2.91 bits per heavy atom. The summed E-state index contributed by atoms with van der Waals surface area (Å²) in [5, 5.41) is 0. The Hall–Kier alpha value is -1.88. The summed E-state index contributed by atoms with van der Waals surface area (Å²) in [5.41, 5.74) is 2.25. The number of hydrogen-bond acceptors (Lipinski definition) is 3. The summed E-state index contributed by atoms with van der Waals surface area (Å²) < 4.78 is 5.02. The smallest absolute Gasteiger partial charge is 0.229 e. The van der Waals surface area contributed by atoms with Gasteiger partial charge in [0.1, 0.15) is 0 Å². The van der Waals surface area contributed by atoms with E-state index in [1.54, 1.807) is 7.11 Å². The van der Waals surface area contributed by atoms with Crippen LogP contribution in [0, 0.1) is 0 Å². The molecule has 0 saturated carbocycles. The quantitative estimate of drug-likeness (QED) is 0.808. The van der Waals surface area contributed by atoms with Gasteiger partial charge in [0.25, 0.3) is 0 Å². The zero-order chi connectivity index (χ0) is 16.2. The van der Waals surface area contributed by atoms with Crippen molar-refractivity contribution >= 4 is 17.5 Å². The van der Waals surface area contributed by atoms with Crippen molar-refractivity contribution in [2.24, 2.45) is 0 Å². The maximum absolute atomic E-state index is 12.4. The lowest BCUT2D eigenvalue weighted by Crippen LogP contribution is -2.31. The van der Waals surface area contributed by atoms with Crippen molar-refractivity contribution in [2.75, 3.05) is 38.3 Å². The van der Waals surface area contributed by atoms with E-state index in [-0.39, 0.29) is 11.8 Å². The molecule has 2 aliphatic heterocycles. The number of likely N-dealkylation sites (tertiary alicyclic amines) is 1. The van der Waals surface area contributed by atoms with Crippen molar-refractivity contribution in [1.29, 1.82) is 0 Å². The molecule has 3 rings (SSSR count). The van der Waals surface area contributed by atoms with Crippen molar-refractivity contribution in [3.63, 3.8) is 0 Å². The molecular formula is C18H24N2O3. The van der Waals surface area contributed by atoms with Crippen LogP contribution in [0.2, 0.25) is 0 Å². The molecule has 0 aromatic heterocycles. The molecule has 2 amide bonds. The topological polar surface area (TPSA) is 49.9 Å². The molecule has 1 aromatic rings. The zero-order valence-corrected chi connectivity index (χ0v) is 13.7. The third kappa shape index (κ3) is 3.39. The summed E-state index contributed by atoms with van der Waals surface area (Å²) in [5.74, 6) is 0.689. The average Bonchev–Trinajstić information content (AvgIpc) is 3.14. The number of rotatable bonds is 6. The van der Waals surface area contributed by atoms with E-state index in [4.69, 9.17) is 4.74 Å². The van der Waals surface area contributed by atoms with Crippen LogP contribution in [-0.2, 0) is 14.3 Å². The number of methoxy groups -OCH3 is 1. The first-order valence-corrected chi connectivity index (χ1v) is 8.36. The summed E-state index contributed by atoms with van der Waals surface area (Å²) in [6, 6.07) is 8.12. The highest BCUT2D eigenvalue weighted by molar-refractivity contribution is 5.96. The number of anilines is 1. The molecule has 1 aromatic carbocycles. The molecule has 0 aliphatic carbocycles. The standard InChI is InChI=1S/C18H24N2O3/c1-23-12-9-18(22)20-13-14(15-5-2-3-6-16(15)20)8-11-19-10-4-7-17(19)21/h2-3,5-6,14H,4,7-13H2,1H3/t14-/m1/s1. The third-order valence-corrected chi connectivity index (χ3v) is 4.81. The van der Waals surface area contributed by atoms with E-state index < -0.39 is 0 Å². The second-order valence-corrected chi connectivity index (χ2v) is 6.28. The largest absolute Gasteiger partial charge is 0.384 e. The van der Waals surface area contributed by atoms with Crippen LogP contribution in [0.1, 0.15) is 37.2 Å². The van der Waals surface area contributed by atoms with Crippen molar-refractivity contribution in [3.05, 3.63) is 29.8 Å². The first-order valence-electron chi connectivity index (χ1n) is 8.36. The fraction of sp³-hybridized carbons (Fsp3) is 0.556. The highest BCUT2D eigenvalue weighted by Gasteiger charge is 2.32. The van der Waals surface area contributed by atoms with E-state index in [0.717, 1.165) is 31.6 Å². The number of amides is 2. The first-order chi connectivity index (χ1) is 11.2. The number of ether oxygens (including phenoxy) is 1. The Labute approximate surface area is 137 Å². The number of carbonyl (C=O) groups is 2.